The predicted octanol–water partition coefficient (Wildman–Crippen LogP) is 2.01. The molecule has 5 rings (SSSR count). The highest BCUT2D eigenvalue weighted by atomic mass is 32.2. The van der Waals surface area contributed by atoms with E-state index in [9.17, 15) is 24.1 Å². The molecule has 0 saturated heterocycles. The van der Waals surface area contributed by atoms with Crippen LogP contribution in [-0.4, -0.2) is 83.4 Å². The molecule has 13 heteroatoms. The van der Waals surface area contributed by atoms with Gasteiger partial charge in [0.15, 0.2) is 33.8 Å². The molecule has 0 bridgehead atoms. The molecule has 2 aromatic heterocycles. The quantitative estimate of drug-likeness (QED) is 0.223. The summed E-state index contributed by atoms with van der Waals surface area (Å²) in [5, 5.41) is 40.5. The van der Waals surface area contributed by atoms with E-state index in [1.54, 1.807) is 0 Å². The van der Waals surface area contributed by atoms with Crippen LogP contribution in [0.5, 0.6) is 0 Å². The van der Waals surface area contributed by atoms with Crippen LogP contribution in [0.4, 0.5) is 14.6 Å². The van der Waals surface area contributed by atoms with E-state index in [1.807, 2.05) is 0 Å². The third kappa shape index (κ3) is 4.90. The lowest BCUT2D eigenvalue weighted by Gasteiger charge is -2.17. The monoisotopic (exact) mass is 541 g/mol. The van der Waals surface area contributed by atoms with Gasteiger partial charge < -0.3 is 25.4 Å². The van der Waals surface area contributed by atoms with Crippen LogP contribution >= 0.6 is 11.8 Å². The lowest BCUT2D eigenvalue weighted by atomic mass is 10.1. The van der Waals surface area contributed by atoms with Crippen LogP contribution in [0.25, 0.3) is 11.2 Å². The Morgan fingerprint density at radius 3 is 3.03 bits per heavy atom. The summed E-state index contributed by atoms with van der Waals surface area (Å²) in [5.74, 6) is -6.54. The second-order valence-corrected chi connectivity index (χ2v) is 7.88. The molecule has 6 atom stereocenters. The van der Waals surface area contributed by atoms with Crippen molar-refractivity contribution in [2.75, 3.05) is 24.2 Å². The van der Waals surface area contributed by atoms with Crippen LogP contribution < -0.4 is 5.32 Å². The van der Waals surface area contributed by atoms with Crippen molar-refractivity contribution in [3.63, 3.8) is 0 Å². The molecule has 2 aliphatic carbocycles. The number of nitrogens with zero attached hydrogens (tertiary/aromatic N) is 5. The molecule has 3 aromatic rings. The van der Waals surface area contributed by atoms with Crippen molar-refractivity contribution >= 4 is 28.7 Å². The third-order valence-electron chi connectivity index (χ3n) is 4.90. The minimum atomic E-state index is -4.28. The number of thioether (sulfide) groups is 1. The molecule has 194 valence electrons. The van der Waals surface area contributed by atoms with Gasteiger partial charge in [-0.25, -0.2) is 23.4 Å². The fourth-order valence-corrected chi connectivity index (χ4v) is 3.65. The minimum absolute atomic E-state index is 0.0840. The summed E-state index contributed by atoms with van der Waals surface area (Å²) in [4.78, 5) is 7.84. The van der Waals surface area contributed by atoms with E-state index >= 15 is 0 Å². The van der Waals surface area contributed by atoms with Crippen LogP contribution in [0.2, 0.25) is 0 Å². The zero-order chi connectivity index (χ0) is 42.3. The van der Waals surface area contributed by atoms with E-state index < -0.39 is 139 Å². The second kappa shape index (κ2) is 10.5. The first-order valence-electron chi connectivity index (χ1n) is 19.4. The average molecular weight is 542 g/mol. The summed E-state index contributed by atoms with van der Waals surface area (Å²) in [6.07, 6.45) is -20.7. The van der Waals surface area contributed by atoms with Gasteiger partial charge in [0.05, 0.1) is 37.6 Å². The number of aliphatic hydroxyl groups is 3. The predicted molar refractivity (Wildman–Crippen MR) is 128 cm³/mol. The Kier molecular flexibility index (Phi) is 3.24. The normalized spacial score (nSPS) is 48.5. The maximum absolute atomic E-state index is 14.5. The van der Waals surface area contributed by atoms with E-state index in [0.717, 1.165) is 0 Å². The first-order chi connectivity index (χ1) is 24.5. The zero-order valence-electron chi connectivity index (χ0n) is 36.6. The molecule has 4 N–H and O–H groups in total. The highest BCUT2D eigenvalue weighted by Crippen LogP contribution is 2.44. The van der Waals surface area contributed by atoms with E-state index in [1.165, 1.54) is 0 Å². The minimum Gasteiger partial charge on any atom is -0.394 e. The van der Waals surface area contributed by atoms with Gasteiger partial charge in [-0.3, -0.25) is 0 Å². The van der Waals surface area contributed by atoms with E-state index in [-0.39, 0.29) is 16.4 Å². The third-order valence-corrected chi connectivity index (χ3v) is 5.47. The molecular formula is C23H28F2N6O4S. The molecular weight excluding hydrogens is 494 g/mol. The fourth-order valence-electron chi connectivity index (χ4n) is 3.24. The highest BCUT2D eigenvalue weighted by Gasteiger charge is 2.45. The molecule has 0 amide bonds. The summed E-state index contributed by atoms with van der Waals surface area (Å²) in [7, 11) is 0. The van der Waals surface area contributed by atoms with Gasteiger partial charge in [0.1, 0.15) is 12.2 Å². The molecule has 10 nitrogen and oxygen atoms in total. The maximum Gasteiger partial charge on any atom is 0.191 e. The van der Waals surface area contributed by atoms with Crippen molar-refractivity contribution in [3.8, 4) is 0 Å². The summed E-state index contributed by atoms with van der Waals surface area (Å²) >= 11 is -0.311. The Morgan fingerprint density at radius 2 is 2.22 bits per heavy atom. The van der Waals surface area contributed by atoms with E-state index in [0.29, 0.717) is 0 Å². The molecule has 2 heterocycles. The number of benzene rings is 1. The van der Waals surface area contributed by atoms with Crippen molar-refractivity contribution in [1.82, 2.24) is 25.0 Å². The summed E-state index contributed by atoms with van der Waals surface area (Å²) < 4.78 is 187. The molecule has 0 radical (unpaired) electrons. The smallest absolute Gasteiger partial charge is 0.191 e. The van der Waals surface area contributed by atoms with Gasteiger partial charge in [0.25, 0.3) is 0 Å². The molecule has 0 spiro atoms. The number of anilines is 1. The lowest BCUT2D eigenvalue weighted by Crippen LogP contribution is -2.33. The molecule has 2 aliphatic rings. The van der Waals surface area contributed by atoms with E-state index in [2.05, 4.69) is 25.6 Å². The maximum atomic E-state index is 14.5. The summed E-state index contributed by atoms with van der Waals surface area (Å²) in [6, 6.07) is -8.91. The number of halogens is 2. The van der Waals surface area contributed by atoms with Gasteiger partial charge >= 0.3 is 0 Å². The Morgan fingerprint density at radius 1 is 1.36 bits per heavy atom. The molecule has 36 heavy (non-hydrogen) atoms. The van der Waals surface area contributed by atoms with Crippen molar-refractivity contribution in [2.24, 2.45) is 0 Å². The molecule has 0 aliphatic heterocycles. The summed E-state index contributed by atoms with van der Waals surface area (Å²) in [5.41, 5.74) is -5.99. The number of aromatic nitrogens is 5. The van der Waals surface area contributed by atoms with Crippen LogP contribution in [0.1, 0.15) is 69.5 Å². The van der Waals surface area contributed by atoms with Gasteiger partial charge in [0.2, 0.25) is 0 Å². The first-order valence-corrected chi connectivity index (χ1v) is 10.7. The van der Waals surface area contributed by atoms with Gasteiger partial charge in [-0.1, -0.05) is 29.9 Å². The number of hydrogen-bond donors (Lipinski definition) is 4. The molecule has 1 unspecified atom stereocenters. The largest absolute Gasteiger partial charge is 0.394 e. The van der Waals surface area contributed by atoms with Crippen LogP contribution in [0.15, 0.2) is 23.3 Å². The van der Waals surface area contributed by atoms with Crippen LogP contribution in [0.3, 0.4) is 0 Å². The van der Waals surface area contributed by atoms with Gasteiger partial charge in [-0.05, 0) is 30.4 Å². The Labute approximate surface area is 236 Å². The standard InChI is InChI=1S/C23H28F2N6O4S/c1-2-7-36-23-27-21(26-15-9-12(15)11-3-4-13(24)14(25)8-11)18-22(28-23)31(30-29-18)16-10-17(35-6-5-32)20(34)19(16)33/h3-4,8,12,15-17,19-20,32-34H,2,5-7,9-10H2,1H3,(H,26,27,28)/t12?,15-,16+,17-,19-,20+/m0/s1/i1D3,2D2,3D,4D,5D2,7D2,8D,10D2,12D,16D,17D,19D,20D. The molecule has 1 aromatic carbocycles. The topological polar surface area (TPSA) is 138 Å². The molecule has 2 saturated carbocycles. The summed E-state index contributed by atoms with van der Waals surface area (Å²) in [6.45, 7) is -8.63. The van der Waals surface area contributed by atoms with Crippen LogP contribution in [0, 0.1) is 11.6 Å². The van der Waals surface area contributed by atoms with Crippen molar-refractivity contribution < 1.29 is 54.9 Å². The lowest BCUT2D eigenvalue weighted by molar-refractivity contribution is -0.0629. The van der Waals surface area contributed by atoms with Crippen molar-refractivity contribution in [3.05, 3.63) is 35.3 Å². The highest BCUT2D eigenvalue weighted by molar-refractivity contribution is 7.99. The Bertz CT molecular complexity index is 2040. The first kappa shape index (κ1) is 11.1. The van der Waals surface area contributed by atoms with Gasteiger partial charge in [-0.2, -0.15) is 0 Å². The van der Waals surface area contributed by atoms with Crippen molar-refractivity contribution in [1.29, 1.82) is 0 Å². The van der Waals surface area contributed by atoms with E-state index in [4.69, 9.17) is 30.8 Å². The fraction of sp³-hybridized carbons (Fsp3) is 0.565. The van der Waals surface area contributed by atoms with Gasteiger partial charge in [0, 0.05) is 37.7 Å². The number of nitrogens with one attached hydrogen (secondary N) is 1. The number of ether oxygens (including phenoxy) is 1. The Balaban J connectivity index is 1.73. The average Bonchev–Trinajstić information content (AvgIpc) is 3.45. The number of fused-ring (bicyclic) bond motifs is 1. The van der Waals surface area contributed by atoms with Gasteiger partial charge in [-0.15, -0.1) is 5.10 Å². The SMILES string of the molecule is [2H]c1c([2H])c(C2([2H])C[C@@H]2Nc2nc(SC([2H])([2H])C([2H])([2H])C([2H])([2H])[2H])nc3c2nnn3[C@]2([2H])C([2H])([2H])[C@]([2H])(OCC([2H])([2H])O)[C@@]([2H])(O)[C@@]2([2H])O)c([2H])c(F)c1F. The number of hydrogen-bond acceptors (Lipinski definition) is 10. The number of rotatable bonds is 10. The zero-order valence-corrected chi connectivity index (χ0v) is 18.5. The Hall–Kier alpha value is -2.45. The molecule has 2 fully saturated rings. The second-order valence-electron chi connectivity index (χ2n) is 7.11. The van der Waals surface area contributed by atoms with Crippen molar-refractivity contribution in [2.45, 2.75) is 67.4 Å². The van der Waals surface area contributed by atoms with Crippen LogP contribution in [-0.2, 0) is 4.74 Å².